The number of benzene rings is 1. The first-order valence-corrected chi connectivity index (χ1v) is 5.56. The normalized spacial score (nSPS) is 10.0. The molecule has 0 fully saturated rings. The highest BCUT2D eigenvalue weighted by Crippen LogP contribution is 2.18. The summed E-state index contributed by atoms with van der Waals surface area (Å²) in [6, 6.07) is 9.68. The predicted octanol–water partition coefficient (Wildman–Crippen LogP) is 2.93. The minimum absolute atomic E-state index is 0.678. The number of nitrogens with zero attached hydrogens (tertiary/aromatic N) is 2. The molecule has 0 unspecified atom stereocenters. The van der Waals surface area contributed by atoms with Crippen LogP contribution in [0.5, 0.6) is 5.75 Å². The number of aryl methyl sites for hydroxylation is 1. The van der Waals surface area contributed by atoms with Crippen molar-refractivity contribution in [1.82, 2.24) is 9.97 Å². The molecule has 0 amide bonds. The summed E-state index contributed by atoms with van der Waals surface area (Å²) in [7, 11) is 0. The van der Waals surface area contributed by atoms with Gasteiger partial charge in [0.15, 0.2) is 0 Å². The lowest BCUT2D eigenvalue weighted by molar-refractivity contribution is 0.340. The number of hydrogen-bond acceptors (Lipinski definition) is 4. The highest BCUT2D eigenvalue weighted by molar-refractivity contribution is 5.56. The summed E-state index contributed by atoms with van der Waals surface area (Å²) < 4.78 is 5.38. The van der Waals surface area contributed by atoms with Crippen LogP contribution in [0.4, 0.5) is 11.5 Å². The topological polar surface area (TPSA) is 47.0 Å². The van der Waals surface area contributed by atoms with E-state index in [1.807, 2.05) is 44.2 Å². The fraction of sp³-hybridized carbons (Fsp3) is 0.231. The van der Waals surface area contributed by atoms with Crippen molar-refractivity contribution in [1.29, 1.82) is 0 Å². The van der Waals surface area contributed by atoms with E-state index in [9.17, 15) is 0 Å². The first-order valence-electron chi connectivity index (χ1n) is 5.56. The van der Waals surface area contributed by atoms with Crippen LogP contribution in [-0.4, -0.2) is 16.6 Å². The van der Waals surface area contributed by atoms with E-state index in [1.54, 1.807) is 6.33 Å². The average molecular weight is 229 g/mol. The first kappa shape index (κ1) is 11.4. The minimum atomic E-state index is 0.678. The van der Waals surface area contributed by atoms with Gasteiger partial charge in [0.05, 0.1) is 6.61 Å². The molecule has 1 N–H and O–H groups in total. The van der Waals surface area contributed by atoms with E-state index in [0.717, 1.165) is 22.9 Å². The lowest BCUT2D eigenvalue weighted by Crippen LogP contribution is -1.96. The minimum Gasteiger partial charge on any atom is -0.494 e. The van der Waals surface area contributed by atoms with Crippen LogP contribution >= 0.6 is 0 Å². The number of aromatic nitrogens is 2. The average Bonchev–Trinajstić information content (AvgIpc) is 2.32. The second-order valence-corrected chi connectivity index (χ2v) is 3.63. The van der Waals surface area contributed by atoms with Gasteiger partial charge >= 0.3 is 0 Å². The van der Waals surface area contributed by atoms with E-state index in [1.165, 1.54) is 0 Å². The third kappa shape index (κ3) is 3.17. The Bertz CT molecular complexity index is 482. The molecule has 17 heavy (non-hydrogen) atoms. The molecule has 0 saturated carbocycles. The second-order valence-electron chi connectivity index (χ2n) is 3.63. The van der Waals surface area contributed by atoms with Gasteiger partial charge in [0.25, 0.3) is 0 Å². The molecular formula is C13H15N3O. The van der Waals surface area contributed by atoms with E-state index < -0.39 is 0 Å². The molecule has 0 spiro atoms. The van der Waals surface area contributed by atoms with Crippen LogP contribution in [0, 0.1) is 6.92 Å². The molecule has 2 aromatic rings. The van der Waals surface area contributed by atoms with E-state index in [-0.39, 0.29) is 0 Å². The molecule has 88 valence electrons. The summed E-state index contributed by atoms with van der Waals surface area (Å²) in [4.78, 5) is 8.19. The maximum atomic E-state index is 5.38. The molecule has 4 heteroatoms. The van der Waals surface area contributed by atoms with Crippen molar-refractivity contribution >= 4 is 11.5 Å². The predicted molar refractivity (Wildman–Crippen MR) is 67.7 cm³/mol. The molecule has 0 aliphatic rings. The van der Waals surface area contributed by atoms with Crippen LogP contribution in [0.15, 0.2) is 36.7 Å². The van der Waals surface area contributed by atoms with Gasteiger partial charge in [0, 0.05) is 17.4 Å². The van der Waals surface area contributed by atoms with Gasteiger partial charge in [-0.1, -0.05) is 0 Å². The van der Waals surface area contributed by atoms with Crippen LogP contribution in [0.25, 0.3) is 0 Å². The maximum Gasteiger partial charge on any atom is 0.133 e. The summed E-state index contributed by atoms with van der Waals surface area (Å²) in [6.45, 7) is 4.58. The van der Waals surface area contributed by atoms with Crippen molar-refractivity contribution in [3.8, 4) is 5.75 Å². The quantitative estimate of drug-likeness (QED) is 0.875. The highest BCUT2D eigenvalue weighted by atomic mass is 16.5. The number of rotatable bonds is 4. The van der Waals surface area contributed by atoms with Crippen LogP contribution in [0.1, 0.15) is 12.6 Å². The van der Waals surface area contributed by atoms with Gasteiger partial charge in [-0.05, 0) is 38.1 Å². The Morgan fingerprint density at radius 3 is 2.59 bits per heavy atom. The van der Waals surface area contributed by atoms with Crippen LogP contribution in [-0.2, 0) is 0 Å². The highest BCUT2D eigenvalue weighted by Gasteiger charge is 1.97. The molecule has 4 nitrogen and oxygen atoms in total. The molecule has 0 bridgehead atoms. The van der Waals surface area contributed by atoms with Crippen molar-refractivity contribution < 1.29 is 4.74 Å². The fourth-order valence-corrected chi connectivity index (χ4v) is 1.47. The first-order chi connectivity index (χ1) is 8.28. The summed E-state index contributed by atoms with van der Waals surface area (Å²) in [6.07, 6.45) is 1.55. The molecule has 0 aliphatic carbocycles. The number of ether oxygens (including phenoxy) is 1. The molecule has 0 saturated heterocycles. The number of nitrogens with one attached hydrogen (secondary N) is 1. The van der Waals surface area contributed by atoms with Crippen LogP contribution < -0.4 is 10.1 Å². The molecular weight excluding hydrogens is 214 g/mol. The third-order valence-corrected chi connectivity index (χ3v) is 2.24. The van der Waals surface area contributed by atoms with Gasteiger partial charge in [0.1, 0.15) is 17.9 Å². The zero-order valence-electron chi connectivity index (χ0n) is 9.97. The Morgan fingerprint density at radius 2 is 1.94 bits per heavy atom. The van der Waals surface area contributed by atoms with Crippen molar-refractivity contribution in [3.05, 3.63) is 42.4 Å². The van der Waals surface area contributed by atoms with Crippen molar-refractivity contribution in [2.75, 3.05) is 11.9 Å². The molecule has 1 aromatic carbocycles. The molecule has 2 rings (SSSR count). The SMILES string of the molecule is CCOc1ccc(Nc2cc(C)ncn2)cc1. The zero-order chi connectivity index (χ0) is 12.1. The maximum absolute atomic E-state index is 5.38. The van der Waals surface area contributed by atoms with E-state index in [0.29, 0.717) is 6.61 Å². The zero-order valence-corrected chi connectivity index (χ0v) is 9.97. The van der Waals surface area contributed by atoms with Gasteiger partial charge in [-0.15, -0.1) is 0 Å². The summed E-state index contributed by atoms with van der Waals surface area (Å²) in [5.74, 6) is 1.67. The van der Waals surface area contributed by atoms with Crippen LogP contribution in [0.2, 0.25) is 0 Å². The van der Waals surface area contributed by atoms with Gasteiger partial charge in [-0.2, -0.15) is 0 Å². The summed E-state index contributed by atoms with van der Waals surface area (Å²) in [5, 5.41) is 3.21. The van der Waals surface area contributed by atoms with E-state index in [2.05, 4.69) is 15.3 Å². The fourth-order valence-electron chi connectivity index (χ4n) is 1.47. The molecule has 1 heterocycles. The molecule has 0 radical (unpaired) electrons. The Kier molecular flexibility index (Phi) is 3.55. The molecule has 0 aliphatic heterocycles. The van der Waals surface area contributed by atoms with Crippen molar-refractivity contribution in [2.24, 2.45) is 0 Å². The van der Waals surface area contributed by atoms with Crippen LogP contribution in [0.3, 0.4) is 0 Å². The van der Waals surface area contributed by atoms with Gasteiger partial charge in [0.2, 0.25) is 0 Å². The number of hydrogen-bond donors (Lipinski definition) is 1. The Balaban J connectivity index is 2.08. The second kappa shape index (κ2) is 5.30. The largest absolute Gasteiger partial charge is 0.494 e. The Labute approximate surface area is 101 Å². The van der Waals surface area contributed by atoms with Gasteiger partial charge < -0.3 is 10.1 Å². The van der Waals surface area contributed by atoms with Gasteiger partial charge in [-0.3, -0.25) is 0 Å². The monoisotopic (exact) mass is 229 g/mol. The lowest BCUT2D eigenvalue weighted by Gasteiger charge is -2.07. The summed E-state index contributed by atoms with van der Waals surface area (Å²) >= 11 is 0. The smallest absolute Gasteiger partial charge is 0.133 e. The third-order valence-electron chi connectivity index (χ3n) is 2.24. The van der Waals surface area contributed by atoms with E-state index >= 15 is 0 Å². The standard InChI is InChI=1S/C13H15N3O/c1-3-17-12-6-4-11(5-7-12)16-13-8-10(2)14-9-15-13/h4-9H,3H2,1-2H3,(H,14,15,16). The Hall–Kier alpha value is -2.10. The summed E-state index contributed by atoms with van der Waals surface area (Å²) in [5.41, 5.74) is 1.92. The van der Waals surface area contributed by atoms with Gasteiger partial charge in [-0.25, -0.2) is 9.97 Å². The Morgan fingerprint density at radius 1 is 1.18 bits per heavy atom. The van der Waals surface area contributed by atoms with Crippen molar-refractivity contribution in [2.45, 2.75) is 13.8 Å². The van der Waals surface area contributed by atoms with Crippen molar-refractivity contribution in [3.63, 3.8) is 0 Å². The van der Waals surface area contributed by atoms with E-state index in [4.69, 9.17) is 4.74 Å². The molecule has 1 aromatic heterocycles. The number of anilines is 2. The lowest BCUT2D eigenvalue weighted by atomic mass is 10.3. The molecule has 0 atom stereocenters.